The molecule has 1 aromatic heterocycles. The molecule has 0 aliphatic rings. The zero-order valence-electron chi connectivity index (χ0n) is 11.3. The van der Waals surface area contributed by atoms with Crippen molar-refractivity contribution in [1.82, 2.24) is 0 Å². The molecular formula is C16H18O2S. The van der Waals surface area contributed by atoms with Crippen molar-refractivity contribution in [2.45, 2.75) is 24.5 Å². The van der Waals surface area contributed by atoms with Gasteiger partial charge >= 0.3 is 0 Å². The summed E-state index contributed by atoms with van der Waals surface area (Å²) in [5.74, 6) is 2.36. The fourth-order valence-corrected chi connectivity index (χ4v) is 2.52. The average Bonchev–Trinajstić information content (AvgIpc) is 2.81. The normalized spacial score (nSPS) is 11.1. The Hall–Kier alpha value is -1.61. The van der Waals surface area contributed by atoms with Crippen LogP contribution in [0.1, 0.15) is 25.2 Å². The first kappa shape index (κ1) is 13.8. The molecule has 0 bridgehead atoms. The van der Waals surface area contributed by atoms with Crippen molar-refractivity contribution in [2.75, 3.05) is 6.61 Å². The third-order valence-electron chi connectivity index (χ3n) is 2.52. The maximum absolute atomic E-state index is 5.74. The van der Waals surface area contributed by atoms with E-state index in [-0.39, 0.29) is 0 Å². The van der Waals surface area contributed by atoms with Gasteiger partial charge in [-0.2, -0.15) is 0 Å². The van der Waals surface area contributed by atoms with E-state index in [0.29, 0.717) is 12.6 Å². The van der Waals surface area contributed by atoms with Gasteiger partial charge in [-0.15, -0.1) is 11.8 Å². The van der Waals surface area contributed by atoms with Crippen molar-refractivity contribution in [2.24, 2.45) is 0 Å². The van der Waals surface area contributed by atoms with Crippen LogP contribution in [0.25, 0.3) is 6.08 Å². The van der Waals surface area contributed by atoms with Gasteiger partial charge in [0.05, 0.1) is 17.9 Å². The summed E-state index contributed by atoms with van der Waals surface area (Å²) >= 11 is 1.76. The highest BCUT2D eigenvalue weighted by Gasteiger charge is 2.10. The molecule has 0 saturated carbocycles. The molecule has 0 unspecified atom stereocenters. The number of rotatable bonds is 6. The van der Waals surface area contributed by atoms with Gasteiger partial charge in [-0.05, 0) is 32.0 Å². The van der Waals surface area contributed by atoms with Gasteiger partial charge in [-0.25, -0.2) is 0 Å². The van der Waals surface area contributed by atoms with E-state index in [1.54, 1.807) is 11.8 Å². The number of benzene rings is 1. The Morgan fingerprint density at radius 3 is 2.74 bits per heavy atom. The third kappa shape index (κ3) is 3.93. The van der Waals surface area contributed by atoms with Crippen LogP contribution in [0.2, 0.25) is 0 Å². The van der Waals surface area contributed by atoms with Crippen LogP contribution in [0.15, 0.2) is 51.8 Å². The molecule has 1 aromatic carbocycles. The van der Waals surface area contributed by atoms with E-state index in [9.17, 15) is 0 Å². The molecule has 19 heavy (non-hydrogen) atoms. The van der Waals surface area contributed by atoms with Gasteiger partial charge < -0.3 is 9.15 Å². The SMILES string of the molecule is CC=Cc1cc(CSc2ccccc2)oc1OCC. The summed E-state index contributed by atoms with van der Waals surface area (Å²) in [4.78, 5) is 1.24. The minimum absolute atomic E-state index is 0.614. The zero-order chi connectivity index (χ0) is 13.5. The van der Waals surface area contributed by atoms with Crippen LogP contribution < -0.4 is 4.74 Å². The Labute approximate surface area is 118 Å². The first-order chi connectivity index (χ1) is 9.33. The van der Waals surface area contributed by atoms with Crippen LogP contribution in [-0.2, 0) is 5.75 Å². The van der Waals surface area contributed by atoms with Gasteiger partial charge in [-0.3, -0.25) is 0 Å². The van der Waals surface area contributed by atoms with E-state index in [1.165, 1.54) is 4.90 Å². The molecule has 0 atom stereocenters. The van der Waals surface area contributed by atoms with E-state index in [0.717, 1.165) is 17.1 Å². The van der Waals surface area contributed by atoms with E-state index < -0.39 is 0 Å². The first-order valence-corrected chi connectivity index (χ1v) is 7.38. The maximum Gasteiger partial charge on any atom is 0.292 e. The monoisotopic (exact) mass is 274 g/mol. The molecule has 0 N–H and O–H groups in total. The highest BCUT2D eigenvalue weighted by atomic mass is 32.2. The summed E-state index contributed by atoms with van der Waals surface area (Å²) in [6, 6.07) is 12.4. The molecule has 3 heteroatoms. The topological polar surface area (TPSA) is 22.4 Å². The van der Waals surface area contributed by atoms with Crippen molar-refractivity contribution in [3.05, 3.63) is 53.8 Å². The Balaban J connectivity index is 2.06. The summed E-state index contributed by atoms with van der Waals surface area (Å²) in [7, 11) is 0. The lowest BCUT2D eigenvalue weighted by atomic mass is 10.3. The van der Waals surface area contributed by atoms with Gasteiger partial charge in [-0.1, -0.05) is 30.4 Å². The second kappa shape index (κ2) is 7.10. The van der Waals surface area contributed by atoms with Crippen molar-refractivity contribution in [3.63, 3.8) is 0 Å². The number of ether oxygens (including phenoxy) is 1. The molecule has 1 heterocycles. The predicted molar refractivity (Wildman–Crippen MR) is 80.6 cm³/mol. The summed E-state index contributed by atoms with van der Waals surface area (Å²) in [5, 5.41) is 0. The fraction of sp³-hybridized carbons (Fsp3) is 0.250. The number of hydrogen-bond acceptors (Lipinski definition) is 3. The summed E-state index contributed by atoms with van der Waals surface area (Å²) in [5.41, 5.74) is 1.01. The van der Waals surface area contributed by atoms with Gasteiger partial charge in [0.15, 0.2) is 0 Å². The number of hydrogen-bond donors (Lipinski definition) is 0. The van der Waals surface area contributed by atoms with Crippen molar-refractivity contribution < 1.29 is 9.15 Å². The van der Waals surface area contributed by atoms with Crippen LogP contribution in [-0.4, -0.2) is 6.61 Å². The molecule has 0 saturated heterocycles. The number of furan rings is 1. The lowest BCUT2D eigenvalue weighted by Gasteiger charge is -1.99. The fourth-order valence-electron chi connectivity index (χ4n) is 1.72. The minimum atomic E-state index is 0.614. The van der Waals surface area contributed by atoms with Gasteiger partial charge in [0, 0.05) is 4.90 Å². The van der Waals surface area contributed by atoms with Crippen molar-refractivity contribution in [3.8, 4) is 5.95 Å². The molecule has 2 rings (SSSR count). The Kier molecular flexibility index (Phi) is 5.16. The molecular weight excluding hydrogens is 256 g/mol. The van der Waals surface area contributed by atoms with Crippen LogP contribution in [0.4, 0.5) is 0 Å². The second-order valence-corrected chi connectivity index (χ2v) is 5.04. The number of allylic oxidation sites excluding steroid dienone is 1. The molecule has 100 valence electrons. The largest absolute Gasteiger partial charge is 0.465 e. The van der Waals surface area contributed by atoms with Crippen LogP contribution in [0.5, 0.6) is 5.95 Å². The molecule has 2 nitrogen and oxygen atoms in total. The Morgan fingerprint density at radius 1 is 1.26 bits per heavy atom. The molecule has 0 aliphatic carbocycles. The van der Waals surface area contributed by atoms with E-state index >= 15 is 0 Å². The lowest BCUT2D eigenvalue weighted by Crippen LogP contribution is -1.90. The maximum atomic E-state index is 5.74. The standard InChI is InChI=1S/C16H18O2S/c1-3-8-13-11-14(18-16(13)17-4-2)12-19-15-9-6-5-7-10-15/h3,5-11H,4,12H2,1-2H3. The first-order valence-electron chi connectivity index (χ1n) is 6.39. The molecule has 0 spiro atoms. The highest BCUT2D eigenvalue weighted by molar-refractivity contribution is 7.98. The Morgan fingerprint density at radius 2 is 2.05 bits per heavy atom. The van der Waals surface area contributed by atoms with Crippen LogP contribution in [0, 0.1) is 0 Å². The lowest BCUT2D eigenvalue weighted by molar-refractivity contribution is 0.252. The highest BCUT2D eigenvalue weighted by Crippen LogP contribution is 2.30. The second-order valence-electron chi connectivity index (χ2n) is 3.99. The van der Waals surface area contributed by atoms with Crippen LogP contribution >= 0.6 is 11.8 Å². The zero-order valence-corrected chi connectivity index (χ0v) is 12.1. The predicted octanol–water partition coefficient (Wildman–Crippen LogP) is 5.00. The van der Waals surface area contributed by atoms with Crippen molar-refractivity contribution >= 4 is 17.8 Å². The van der Waals surface area contributed by atoms with Gasteiger partial charge in [0.1, 0.15) is 5.76 Å². The quantitative estimate of drug-likeness (QED) is 0.692. The summed E-state index contributed by atoms with van der Waals surface area (Å²) < 4.78 is 11.2. The summed E-state index contributed by atoms with van der Waals surface area (Å²) in [6.07, 6.45) is 3.99. The molecule has 0 fully saturated rings. The smallest absolute Gasteiger partial charge is 0.292 e. The number of thioether (sulfide) groups is 1. The molecule has 0 radical (unpaired) electrons. The Bertz CT molecular complexity index is 529. The molecule has 2 aromatic rings. The third-order valence-corrected chi connectivity index (χ3v) is 3.56. The van der Waals surface area contributed by atoms with E-state index in [2.05, 4.69) is 12.1 Å². The van der Waals surface area contributed by atoms with Crippen LogP contribution in [0.3, 0.4) is 0 Å². The van der Waals surface area contributed by atoms with E-state index in [4.69, 9.17) is 9.15 Å². The van der Waals surface area contributed by atoms with Crippen molar-refractivity contribution in [1.29, 1.82) is 0 Å². The summed E-state index contributed by atoms with van der Waals surface area (Å²) in [6.45, 7) is 4.56. The van der Waals surface area contributed by atoms with Gasteiger partial charge in [0.25, 0.3) is 5.95 Å². The van der Waals surface area contributed by atoms with E-state index in [1.807, 2.05) is 50.3 Å². The van der Waals surface area contributed by atoms with Gasteiger partial charge in [0.2, 0.25) is 0 Å². The molecule has 0 aliphatic heterocycles. The average molecular weight is 274 g/mol. The molecule has 0 amide bonds. The minimum Gasteiger partial charge on any atom is -0.465 e.